The number of nitro groups is 1. The number of carbonyl (C=O) groups excluding carboxylic acids is 1. The molecular formula is C21H25BrN2O5. The van der Waals surface area contributed by atoms with E-state index < -0.39 is 4.92 Å². The Morgan fingerprint density at radius 3 is 2.38 bits per heavy atom. The number of nitrogens with zero attached hydrogens (tertiary/aromatic N) is 2. The van der Waals surface area contributed by atoms with Crippen molar-refractivity contribution < 1.29 is 19.2 Å². The average molecular weight is 465 g/mol. The van der Waals surface area contributed by atoms with E-state index >= 15 is 0 Å². The van der Waals surface area contributed by atoms with E-state index in [9.17, 15) is 14.9 Å². The summed E-state index contributed by atoms with van der Waals surface area (Å²) in [5.74, 6) is 1.10. The van der Waals surface area contributed by atoms with Gasteiger partial charge in [-0.15, -0.1) is 0 Å². The number of rotatable bonds is 9. The van der Waals surface area contributed by atoms with E-state index in [0.717, 1.165) is 10.0 Å². The van der Waals surface area contributed by atoms with Crippen LogP contribution in [0.5, 0.6) is 11.5 Å². The van der Waals surface area contributed by atoms with Crippen molar-refractivity contribution in [2.75, 3.05) is 20.3 Å². The molecule has 1 unspecified atom stereocenters. The zero-order chi connectivity index (χ0) is 21.6. The van der Waals surface area contributed by atoms with E-state index in [1.165, 1.54) is 12.1 Å². The lowest BCUT2D eigenvalue weighted by Crippen LogP contribution is -2.31. The van der Waals surface area contributed by atoms with Crippen LogP contribution >= 0.6 is 15.9 Å². The van der Waals surface area contributed by atoms with Crippen LogP contribution in [-0.2, 0) is 11.2 Å². The second-order valence-corrected chi connectivity index (χ2v) is 7.32. The summed E-state index contributed by atoms with van der Waals surface area (Å²) in [4.78, 5) is 25.0. The van der Waals surface area contributed by atoms with Crippen LogP contribution in [0.25, 0.3) is 0 Å². The number of halogens is 1. The van der Waals surface area contributed by atoms with Crippen molar-refractivity contribution >= 4 is 27.5 Å². The van der Waals surface area contributed by atoms with Gasteiger partial charge in [0.15, 0.2) is 11.5 Å². The molecule has 0 aliphatic rings. The zero-order valence-electron chi connectivity index (χ0n) is 17.0. The molecule has 0 saturated carbocycles. The summed E-state index contributed by atoms with van der Waals surface area (Å²) in [6.45, 7) is 6.62. The van der Waals surface area contributed by atoms with Gasteiger partial charge >= 0.3 is 0 Å². The Kier molecular flexibility index (Phi) is 8.01. The van der Waals surface area contributed by atoms with Crippen LogP contribution in [0.4, 0.5) is 5.69 Å². The molecule has 0 bridgehead atoms. The highest BCUT2D eigenvalue weighted by Crippen LogP contribution is 2.34. The Hall–Kier alpha value is -2.61. The Balaban J connectivity index is 2.21. The van der Waals surface area contributed by atoms with Crippen molar-refractivity contribution in [3.05, 3.63) is 62.1 Å². The minimum Gasteiger partial charge on any atom is -0.490 e. The molecule has 7 nitrogen and oxygen atoms in total. The lowest BCUT2D eigenvalue weighted by Gasteiger charge is -2.26. The van der Waals surface area contributed by atoms with Gasteiger partial charge in [-0.3, -0.25) is 14.9 Å². The summed E-state index contributed by atoms with van der Waals surface area (Å²) in [7, 11) is 1.69. The molecule has 8 heteroatoms. The number of hydrogen-bond donors (Lipinski definition) is 0. The SMILES string of the molecule is CCOc1cc(Br)c(CC(=O)N(C)C(C)c2cccc([N+](=O)[O-])c2)cc1OCC. The highest BCUT2D eigenvalue weighted by atomic mass is 79.9. The normalized spacial score (nSPS) is 11.6. The number of benzene rings is 2. The number of ether oxygens (including phenoxy) is 2. The maximum atomic E-state index is 12.9. The van der Waals surface area contributed by atoms with E-state index in [1.54, 1.807) is 30.1 Å². The number of nitro benzene ring substituents is 1. The molecule has 1 amide bonds. The van der Waals surface area contributed by atoms with Gasteiger partial charge < -0.3 is 14.4 Å². The quantitative estimate of drug-likeness (QED) is 0.388. The molecule has 0 heterocycles. The highest BCUT2D eigenvalue weighted by molar-refractivity contribution is 9.10. The first kappa shape index (κ1) is 22.7. The van der Waals surface area contributed by atoms with Crippen LogP contribution in [0.1, 0.15) is 37.9 Å². The summed E-state index contributed by atoms with van der Waals surface area (Å²) in [6.07, 6.45) is 0.156. The molecule has 0 fully saturated rings. The van der Waals surface area contributed by atoms with Gasteiger partial charge in [-0.25, -0.2) is 0 Å². The van der Waals surface area contributed by atoms with Gasteiger partial charge in [0.1, 0.15) is 0 Å². The molecule has 0 aromatic heterocycles. The van der Waals surface area contributed by atoms with Gasteiger partial charge in [0.2, 0.25) is 5.91 Å². The van der Waals surface area contributed by atoms with Crippen molar-refractivity contribution in [3.63, 3.8) is 0 Å². The average Bonchev–Trinajstić information content (AvgIpc) is 2.70. The number of amides is 1. The minimum absolute atomic E-state index is 0.00538. The van der Waals surface area contributed by atoms with Crippen LogP contribution in [-0.4, -0.2) is 36.0 Å². The van der Waals surface area contributed by atoms with Gasteiger partial charge in [-0.2, -0.15) is 0 Å². The van der Waals surface area contributed by atoms with Crippen molar-refractivity contribution in [1.29, 1.82) is 0 Å². The van der Waals surface area contributed by atoms with Crippen molar-refractivity contribution in [1.82, 2.24) is 4.90 Å². The third-order valence-corrected chi connectivity index (χ3v) is 5.33. The van der Waals surface area contributed by atoms with E-state index in [2.05, 4.69) is 15.9 Å². The molecule has 0 aliphatic carbocycles. The topological polar surface area (TPSA) is 81.9 Å². The number of carbonyl (C=O) groups is 1. The van der Waals surface area contributed by atoms with E-state index in [4.69, 9.17) is 9.47 Å². The first-order valence-corrected chi connectivity index (χ1v) is 10.2. The van der Waals surface area contributed by atoms with Gasteiger partial charge in [-0.1, -0.05) is 28.1 Å². The van der Waals surface area contributed by atoms with E-state index in [0.29, 0.717) is 30.3 Å². The van der Waals surface area contributed by atoms with Crippen LogP contribution < -0.4 is 9.47 Å². The Morgan fingerprint density at radius 1 is 1.17 bits per heavy atom. The first-order valence-electron chi connectivity index (χ1n) is 9.36. The molecule has 0 radical (unpaired) electrons. The summed E-state index contributed by atoms with van der Waals surface area (Å²) >= 11 is 3.51. The van der Waals surface area contributed by atoms with Crippen LogP contribution in [0, 0.1) is 10.1 Å². The standard InChI is InChI=1S/C21H25BrN2O5/c1-5-28-19-11-16(18(22)13-20(19)29-6-2)12-21(25)23(4)14(3)15-8-7-9-17(10-15)24(26)27/h7-11,13-14H,5-6,12H2,1-4H3. The summed E-state index contributed by atoms with van der Waals surface area (Å²) in [5.41, 5.74) is 1.49. The fraction of sp³-hybridized carbons (Fsp3) is 0.381. The molecule has 2 aromatic rings. The van der Waals surface area contributed by atoms with Crippen molar-refractivity contribution in [2.24, 2.45) is 0 Å². The monoisotopic (exact) mass is 464 g/mol. The minimum atomic E-state index is -0.440. The van der Waals surface area contributed by atoms with Gasteiger partial charge in [-0.05, 0) is 44.0 Å². The third kappa shape index (κ3) is 5.69. The first-order chi connectivity index (χ1) is 13.8. The fourth-order valence-electron chi connectivity index (χ4n) is 2.87. The summed E-state index contributed by atoms with van der Waals surface area (Å²) in [5, 5.41) is 11.0. The maximum absolute atomic E-state index is 12.9. The second-order valence-electron chi connectivity index (χ2n) is 6.47. The van der Waals surface area contributed by atoms with Crippen molar-refractivity contribution in [2.45, 2.75) is 33.2 Å². The van der Waals surface area contributed by atoms with Crippen LogP contribution in [0.2, 0.25) is 0 Å². The lowest BCUT2D eigenvalue weighted by molar-refractivity contribution is -0.384. The Morgan fingerprint density at radius 2 is 1.79 bits per heavy atom. The molecular weight excluding hydrogens is 440 g/mol. The molecule has 0 spiro atoms. The lowest BCUT2D eigenvalue weighted by atomic mass is 10.0. The van der Waals surface area contributed by atoms with Gasteiger partial charge in [0.25, 0.3) is 5.69 Å². The molecule has 156 valence electrons. The molecule has 0 saturated heterocycles. The van der Waals surface area contributed by atoms with Crippen molar-refractivity contribution in [3.8, 4) is 11.5 Å². The van der Waals surface area contributed by atoms with E-state index in [1.807, 2.05) is 26.8 Å². The molecule has 29 heavy (non-hydrogen) atoms. The predicted octanol–water partition coefficient (Wildman–Crippen LogP) is 4.92. The smallest absolute Gasteiger partial charge is 0.269 e. The molecule has 0 aliphatic heterocycles. The van der Waals surface area contributed by atoms with E-state index in [-0.39, 0.29) is 24.1 Å². The molecule has 2 aromatic carbocycles. The highest BCUT2D eigenvalue weighted by Gasteiger charge is 2.21. The molecule has 2 rings (SSSR count). The fourth-order valence-corrected chi connectivity index (χ4v) is 3.34. The van der Waals surface area contributed by atoms with Crippen LogP contribution in [0.3, 0.4) is 0 Å². The molecule has 0 N–H and O–H groups in total. The maximum Gasteiger partial charge on any atom is 0.269 e. The zero-order valence-corrected chi connectivity index (χ0v) is 18.6. The van der Waals surface area contributed by atoms with Gasteiger partial charge in [0, 0.05) is 23.7 Å². The van der Waals surface area contributed by atoms with Crippen LogP contribution in [0.15, 0.2) is 40.9 Å². The largest absolute Gasteiger partial charge is 0.490 e. The molecule has 1 atom stereocenters. The number of hydrogen-bond acceptors (Lipinski definition) is 5. The summed E-state index contributed by atoms with van der Waals surface area (Å²) < 4.78 is 12.0. The second kappa shape index (κ2) is 10.2. The Labute approximate surface area is 178 Å². The Bertz CT molecular complexity index is 887. The predicted molar refractivity (Wildman–Crippen MR) is 114 cm³/mol. The number of non-ortho nitro benzene ring substituents is 1. The number of likely N-dealkylation sites (N-methyl/N-ethyl adjacent to an activating group) is 1. The third-order valence-electron chi connectivity index (χ3n) is 4.59. The van der Waals surface area contributed by atoms with Gasteiger partial charge in [0.05, 0.1) is 30.6 Å². The summed E-state index contributed by atoms with van der Waals surface area (Å²) in [6, 6.07) is 9.64.